The van der Waals surface area contributed by atoms with E-state index in [1.54, 1.807) is 42.6 Å². The van der Waals surface area contributed by atoms with Gasteiger partial charge < -0.3 is 16.0 Å². The van der Waals surface area contributed by atoms with E-state index in [2.05, 4.69) is 16.0 Å². The van der Waals surface area contributed by atoms with E-state index in [1.165, 1.54) is 11.3 Å². The van der Waals surface area contributed by atoms with Gasteiger partial charge in [0, 0.05) is 12.2 Å². The van der Waals surface area contributed by atoms with Crippen LogP contribution in [-0.2, 0) is 11.2 Å². The highest BCUT2D eigenvalue weighted by Gasteiger charge is 2.18. The number of amides is 2. The Morgan fingerprint density at radius 2 is 1.80 bits per heavy atom. The second-order valence-electron chi connectivity index (χ2n) is 6.67. The second kappa shape index (κ2) is 10.2. The van der Waals surface area contributed by atoms with Gasteiger partial charge in [0.2, 0.25) is 5.91 Å². The van der Waals surface area contributed by atoms with Crippen LogP contribution in [0, 0.1) is 11.3 Å². The van der Waals surface area contributed by atoms with Gasteiger partial charge in [-0.15, -0.1) is 11.3 Å². The number of nitrogens with one attached hydrogen (secondary N) is 3. The van der Waals surface area contributed by atoms with Crippen molar-refractivity contribution in [3.8, 4) is 6.07 Å². The Labute approximate surface area is 179 Å². The van der Waals surface area contributed by atoms with Gasteiger partial charge in [-0.05, 0) is 42.5 Å². The molecule has 0 fully saturated rings. The lowest BCUT2D eigenvalue weighted by atomic mass is 10.1. The SMILES string of the molecule is C[C@H](Nc1ccccc1C(=O)NCCc1ccccc1)C(=O)Nc1sccc1C#N. The summed E-state index contributed by atoms with van der Waals surface area (Å²) in [5, 5.41) is 20.1. The molecule has 152 valence electrons. The van der Waals surface area contributed by atoms with Gasteiger partial charge in [0.1, 0.15) is 17.1 Å². The van der Waals surface area contributed by atoms with Crippen LogP contribution in [0.2, 0.25) is 0 Å². The average molecular weight is 419 g/mol. The molecule has 7 heteroatoms. The summed E-state index contributed by atoms with van der Waals surface area (Å²) in [7, 11) is 0. The van der Waals surface area contributed by atoms with Crippen LogP contribution in [0.4, 0.5) is 10.7 Å². The minimum Gasteiger partial charge on any atom is -0.373 e. The molecule has 1 heterocycles. The second-order valence-corrected chi connectivity index (χ2v) is 7.58. The zero-order chi connectivity index (χ0) is 21.3. The minimum atomic E-state index is -0.600. The third-order valence-corrected chi connectivity index (χ3v) is 5.33. The summed E-state index contributed by atoms with van der Waals surface area (Å²) in [6.45, 7) is 2.22. The van der Waals surface area contributed by atoms with Crippen LogP contribution >= 0.6 is 11.3 Å². The van der Waals surface area contributed by atoms with Crippen molar-refractivity contribution in [3.05, 3.63) is 82.7 Å². The number of nitriles is 1. The van der Waals surface area contributed by atoms with E-state index in [4.69, 9.17) is 5.26 Å². The molecule has 0 aliphatic carbocycles. The largest absolute Gasteiger partial charge is 0.373 e. The first kappa shape index (κ1) is 21.1. The molecule has 2 amide bonds. The van der Waals surface area contributed by atoms with E-state index in [0.717, 1.165) is 12.0 Å². The number of thiophene rings is 1. The van der Waals surface area contributed by atoms with Gasteiger partial charge in [-0.3, -0.25) is 9.59 Å². The predicted octanol–water partition coefficient (Wildman–Crippen LogP) is 4.03. The molecule has 0 bridgehead atoms. The number of carbonyl (C=O) groups excluding carboxylic acids is 2. The lowest BCUT2D eigenvalue weighted by molar-refractivity contribution is -0.116. The molecular weight excluding hydrogens is 396 g/mol. The standard InChI is InChI=1S/C23H22N4O2S/c1-16(21(28)27-23-18(15-24)12-14-30-23)26-20-10-6-5-9-19(20)22(29)25-13-11-17-7-3-2-4-8-17/h2-10,12,14,16,26H,11,13H2,1H3,(H,25,29)(H,27,28)/t16-/m0/s1. The van der Waals surface area contributed by atoms with Crippen molar-refractivity contribution < 1.29 is 9.59 Å². The summed E-state index contributed by atoms with van der Waals surface area (Å²) >= 11 is 1.30. The predicted molar refractivity (Wildman–Crippen MR) is 120 cm³/mol. The molecule has 3 rings (SSSR count). The first-order chi connectivity index (χ1) is 14.6. The van der Waals surface area contributed by atoms with Crippen molar-refractivity contribution in [2.24, 2.45) is 0 Å². The van der Waals surface area contributed by atoms with Crippen molar-refractivity contribution in [1.82, 2.24) is 5.32 Å². The first-order valence-corrected chi connectivity index (χ1v) is 10.4. The van der Waals surface area contributed by atoms with Gasteiger partial charge >= 0.3 is 0 Å². The van der Waals surface area contributed by atoms with Gasteiger partial charge in [0.25, 0.3) is 5.91 Å². The lowest BCUT2D eigenvalue weighted by Crippen LogP contribution is -2.33. The molecule has 0 unspecified atom stereocenters. The fourth-order valence-electron chi connectivity index (χ4n) is 2.88. The molecule has 1 aromatic heterocycles. The maximum Gasteiger partial charge on any atom is 0.253 e. The summed E-state index contributed by atoms with van der Waals surface area (Å²) in [5.41, 5.74) is 2.63. The van der Waals surface area contributed by atoms with E-state index in [-0.39, 0.29) is 11.8 Å². The minimum absolute atomic E-state index is 0.202. The molecule has 0 aliphatic heterocycles. The van der Waals surface area contributed by atoms with E-state index in [0.29, 0.717) is 28.4 Å². The van der Waals surface area contributed by atoms with E-state index in [1.807, 2.05) is 36.4 Å². The molecule has 1 atom stereocenters. The van der Waals surface area contributed by atoms with Crippen LogP contribution in [0.25, 0.3) is 0 Å². The number of carbonyl (C=O) groups is 2. The summed E-state index contributed by atoms with van der Waals surface area (Å²) in [4.78, 5) is 25.2. The monoisotopic (exact) mass is 418 g/mol. The first-order valence-electron chi connectivity index (χ1n) is 9.54. The maximum atomic E-state index is 12.7. The number of rotatable bonds is 8. The van der Waals surface area contributed by atoms with Crippen LogP contribution in [0.15, 0.2) is 66.0 Å². The molecule has 6 nitrogen and oxygen atoms in total. The number of hydrogen-bond donors (Lipinski definition) is 3. The van der Waals surface area contributed by atoms with Crippen molar-refractivity contribution in [3.63, 3.8) is 0 Å². The Morgan fingerprint density at radius 3 is 2.57 bits per heavy atom. The zero-order valence-electron chi connectivity index (χ0n) is 16.5. The van der Waals surface area contributed by atoms with Crippen LogP contribution in [-0.4, -0.2) is 24.4 Å². The maximum absolute atomic E-state index is 12.7. The van der Waals surface area contributed by atoms with Crippen LogP contribution < -0.4 is 16.0 Å². The van der Waals surface area contributed by atoms with Crippen LogP contribution in [0.3, 0.4) is 0 Å². The molecule has 2 aromatic carbocycles. The molecule has 0 aliphatic rings. The topological polar surface area (TPSA) is 94.0 Å². The van der Waals surface area contributed by atoms with Crippen LogP contribution in [0.1, 0.15) is 28.4 Å². The third kappa shape index (κ3) is 5.46. The van der Waals surface area contributed by atoms with Crippen molar-refractivity contribution in [2.75, 3.05) is 17.2 Å². The van der Waals surface area contributed by atoms with Gasteiger partial charge in [0.05, 0.1) is 11.1 Å². The zero-order valence-corrected chi connectivity index (χ0v) is 17.3. The highest BCUT2D eigenvalue weighted by atomic mass is 32.1. The van der Waals surface area contributed by atoms with E-state index < -0.39 is 6.04 Å². The Balaban J connectivity index is 1.60. The third-order valence-electron chi connectivity index (χ3n) is 4.50. The number of hydrogen-bond acceptors (Lipinski definition) is 5. The van der Waals surface area contributed by atoms with E-state index >= 15 is 0 Å². The molecule has 0 saturated heterocycles. The fraction of sp³-hybridized carbons (Fsp3) is 0.174. The normalized spacial score (nSPS) is 11.2. The molecule has 0 saturated carbocycles. The number of benzene rings is 2. The van der Waals surface area contributed by atoms with Gasteiger partial charge in [-0.2, -0.15) is 5.26 Å². The molecule has 30 heavy (non-hydrogen) atoms. The highest BCUT2D eigenvalue weighted by Crippen LogP contribution is 2.23. The molecule has 0 spiro atoms. The van der Waals surface area contributed by atoms with Gasteiger partial charge in [-0.25, -0.2) is 0 Å². The number of nitrogens with zero attached hydrogens (tertiary/aromatic N) is 1. The summed E-state index contributed by atoms with van der Waals surface area (Å²) < 4.78 is 0. The van der Waals surface area contributed by atoms with E-state index in [9.17, 15) is 9.59 Å². The molecule has 3 aromatic rings. The molecule has 0 radical (unpaired) electrons. The lowest BCUT2D eigenvalue weighted by Gasteiger charge is -2.17. The average Bonchev–Trinajstić information content (AvgIpc) is 3.21. The molecular formula is C23H22N4O2S. The number of anilines is 2. The fourth-order valence-corrected chi connectivity index (χ4v) is 3.62. The Hall–Kier alpha value is -3.63. The van der Waals surface area contributed by atoms with Gasteiger partial charge in [0.15, 0.2) is 0 Å². The van der Waals surface area contributed by atoms with Gasteiger partial charge in [-0.1, -0.05) is 42.5 Å². The summed E-state index contributed by atoms with van der Waals surface area (Å²) in [6.07, 6.45) is 0.739. The van der Waals surface area contributed by atoms with Crippen molar-refractivity contribution in [2.45, 2.75) is 19.4 Å². The number of para-hydroxylation sites is 1. The quantitative estimate of drug-likeness (QED) is 0.515. The van der Waals surface area contributed by atoms with Crippen LogP contribution in [0.5, 0.6) is 0 Å². The van der Waals surface area contributed by atoms with Crippen molar-refractivity contribution in [1.29, 1.82) is 5.26 Å². The molecule has 3 N–H and O–H groups in total. The Bertz CT molecular complexity index is 1060. The summed E-state index contributed by atoms with van der Waals surface area (Å²) in [6, 6.07) is 20.1. The van der Waals surface area contributed by atoms with Crippen molar-refractivity contribution >= 4 is 33.8 Å². The highest BCUT2D eigenvalue weighted by molar-refractivity contribution is 7.14. The Kier molecular flexibility index (Phi) is 7.19. The summed E-state index contributed by atoms with van der Waals surface area (Å²) in [5.74, 6) is -0.486. The Morgan fingerprint density at radius 1 is 1.07 bits per heavy atom. The smallest absolute Gasteiger partial charge is 0.253 e.